The zero-order chi connectivity index (χ0) is 13.7. The molecule has 2 aromatic carbocycles. The van der Waals surface area contributed by atoms with Crippen molar-refractivity contribution in [1.29, 1.82) is 0 Å². The predicted octanol–water partition coefficient (Wildman–Crippen LogP) is 2.56. The number of hydrogen-bond acceptors (Lipinski definition) is 3. The summed E-state index contributed by atoms with van der Waals surface area (Å²) in [6, 6.07) is 16.1. The van der Waals surface area contributed by atoms with E-state index in [2.05, 4.69) is 18.2 Å². The van der Waals surface area contributed by atoms with Crippen LogP contribution in [0.15, 0.2) is 48.5 Å². The fourth-order valence-electron chi connectivity index (χ4n) is 2.22. The van der Waals surface area contributed by atoms with Crippen LogP contribution in [-0.2, 0) is 6.42 Å². The monoisotopic (exact) mass is 256 g/mol. The van der Waals surface area contributed by atoms with Crippen LogP contribution in [0.4, 0.5) is 5.69 Å². The van der Waals surface area contributed by atoms with Crippen molar-refractivity contribution in [3.05, 3.63) is 59.7 Å². The second kappa shape index (κ2) is 6.25. The number of nitrogens with two attached hydrogens (primary N) is 2. The average Bonchev–Trinajstić information content (AvgIpc) is 2.45. The van der Waals surface area contributed by atoms with Crippen molar-refractivity contribution in [2.45, 2.75) is 12.3 Å². The molecule has 100 valence electrons. The Kier molecular flexibility index (Phi) is 4.42. The Hall–Kier alpha value is -2.00. The molecule has 1 unspecified atom stereocenters. The molecule has 0 aliphatic heterocycles. The molecule has 0 aliphatic rings. The van der Waals surface area contributed by atoms with E-state index in [0.29, 0.717) is 12.5 Å². The standard InChI is InChI=1S/C16H20N2O/c1-19-16-7-5-13(6-8-16)14(11-17)9-12-3-2-4-15(18)10-12/h2-8,10,14H,9,11,17-18H2,1H3. The van der Waals surface area contributed by atoms with E-state index in [-0.39, 0.29) is 0 Å². The van der Waals surface area contributed by atoms with Gasteiger partial charge in [-0.05, 0) is 48.4 Å². The Labute approximate surface area is 114 Å². The van der Waals surface area contributed by atoms with Crippen molar-refractivity contribution in [1.82, 2.24) is 0 Å². The zero-order valence-corrected chi connectivity index (χ0v) is 11.2. The highest BCUT2D eigenvalue weighted by atomic mass is 16.5. The number of rotatable bonds is 5. The lowest BCUT2D eigenvalue weighted by Gasteiger charge is -2.16. The Morgan fingerprint density at radius 1 is 1.11 bits per heavy atom. The smallest absolute Gasteiger partial charge is 0.118 e. The third-order valence-electron chi connectivity index (χ3n) is 3.30. The fourth-order valence-corrected chi connectivity index (χ4v) is 2.22. The number of nitrogen functional groups attached to an aromatic ring is 1. The molecular formula is C16H20N2O. The van der Waals surface area contributed by atoms with Gasteiger partial charge in [-0.3, -0.25) is 0 Å². The van der Waals surface area contributed by atoms with Crippen LogP contribution in [0, 0.1) is 0 Å². The zero-order valence-electron chi connectivity index (χ0n) is 11.2. The summed E-state index contributed by atoms with van der Waals surface area (Å²) in [5, 5.41) is 0. The highest BCUT2D eigenvalue weighted by Crippen LogP contribution is 2.23. The van der Waals surface area contributed by atoms with Crippen LogP contribution in [-0.4, -0.2) is 13.7 Å². The van der Waals surface area contributed by atoms with Crippen molar-refractivity contribution >= 4 is 5.69 Å². The summed E-state index contributed by atoms with van der Waals surface area (Å²) in [7, 11) is 1.67. The fraction of sp³-hybridized carbons (Fsp3) is 0.250. The van der Waals surface area contributed by atoms with E-state index < -0.39 is 0 Å². The summed E-state index contributed by atoms with van der Waals surface area (Å²) in [5.74, 6) is 1.16. The molecule has 2 aromatic rings. The molecule has 3 heteroatoms. The first-order valence-electron chi connectivity index (χ1n) is 6.41. The van der Waals surface area contributed by atoms with Crippen molar-refractivity contribution < 1.29 is 4.74 Å². The summed E-state index contributed by atoms with van der Waals surface area (Å²) in [6.07, 6.45) is 0.897. The van der Waals surface area contributed by atoms with Gasteiger partial charge in [-0.25, -0.2) is 0 Å². The van der Waals surface area contributed by atoms with Gasteiger partial charge in [0.15, 0.2) is 0 Å². The van der Waals surface area contributed by atoms with Gasteiger partial charge in [-0.15, -0.1) is 0 Å². The number of ether oxygens (including phenoxy) is 1. The van der Waals surface area contributed by atoms with Gasteiger partial charge in [0.1, 0.15) is 5.75 Å². The van der Waals surface area contributed by atoms with E-state index in [0.717, 1.165) is 17.9 Å². The minimum atomic E-state index is 0.299. The van der Waals surface area contributed by atoms with E-state index in [9.17, 15) is 0 Å². The summed E-state index contributed by atoms with van der Waals surface area (Å²) in [5.41, 5.74) is 14.9. The minimum absolute atomic E-state index is 0.299. The van der Waals surface area contributed by atoms with Gasteiger partial charge < -0.3 is 16.2 Å². The van der Waals surface area contributed by atoms with Crippen LogP contribution in [0.3, 0.4) is 0 Å². The van der Waals surface area contributed by atoms with Crippen molar-refractivity contribution in [2.24, 2.45) is 5.73 Å². The third kappa shape index (κ3) is 3.48. The number of benzene rings is 2. The molecule has 0 bridgehead atoms. The molecule has 0 amide bonds. The van der Waals surface area contributed by atoms with Crippen LogP contribution in [0.5, 0.6) is 5.75 Å². The summed E-state index contributed by atoms with van der Waals surface area (Å²) in [6.45, 7) is 0.612. The van der Waals surface area contributed by atoms with E-state index >= 15 is 0 Å². The first-order chi connectivity index (χ1) is 9.22. The molecule has 0 spiro atoms. The average molecular weight is 256 g/mol. The molecule has 0 aromatic heterocycles. The second-order valence-corrected chi connectivity index (χ2v) is 4.65. The van der Waals surface area contributed by atoms with Crippen LogP contribution in [0.2, 0.25) is 0 Å². The molecule has 0 saturated heterocycles. The Morgan fingerprint density at radius 2 is 1.84 bits per heavy atom. The molecule has 0 saturated carbocycles. The lowest BCUT2D eigenvalue weighted by atomic mass is 9.92. The van der Waals surface area contributed by atoms with Crippen LogP contribution < -0.4 is 16.2 Å². The SMILES string of the molecule is COc1ccc(C(CN)Cc2cccc(N)c2)cc1. The van der Waals surface area contributed by atoms with Crippen LogP contribution in [0.25, 0.3) is 0 Å². The molecule has 0 aliphatic carbocycles. The van der Waals surface area contributed by atoms with Crippen molar-refractivity contribution in [2.75, 3.05) is 19.4 Å². The first kappa shape index (κ1) is 13.4. The van der Waals surface area contributed by atoms with Gasteiger partial charge in [0.2, 0.25) is 0 Å². The van der Waals surface area contributed by atoms with Crippen LogP contribution >= 0.6 is 0 Å². The summed E-state index contributed by atoms with van der Waals surface area (Å²) in [4.78, 5) is 0. The summed E-state index contributed by atoms with van der Waals surface area (Å²) < 4.78 is 5.17. The molecule has 2 rings (SSSR count). The third-order valence-corrected chi connectivity index (χ3v) is 3.30. The number of methoxy groups -OCH3 is 1. The van der Waals surface area contributed by atoms with E-state index in [1.54, 1.807) is 7.11 Å². The Morgan fingerprint density at radius 3 is 2.42 bits per heavy atom. The molecule has 0 radical (unpaired) electrons. The van der Waals surface area contributed by atoms with Gasteiger partial charge >= 0.3 is 0 Å². The largest absolute Gasteiger partial charge is 0.497 e. The van der Waals surface area contributed by atoms with Gasteiger partial charge in [-0.1, -0.05) is 24.3 Å². The maximum absolute atomic E-state index is 5.90. The highest BCUT2D eigenvalue weighted by Gasteiger charge is 2.11. The maximum Gasteiger partial charge on any atom is 0.118 e. The number of anilines is 1. The topological polar surface area (TPSA) is 61.3 Å². The molecular weight excluding hydrogens is 236 g/mol. The lowest BCUT2D eigenvalue weighted by Crippen LogP contribution is -2.15. The van der Waals surface area contributed by atoms with Gasteiger partial charge in [-0.2, -0.15) is 0 Å². The van der Waals surface area contributed by atoms with E-state index in [4.69, 9.17) is 16.2 Å². The van der Waals surface area contributed by atoms with E-state index in [1.165, 1.54) is 11.1 Å². The molecule has 4 N–H and O–H groups in total. The normalized spacial score (nSPS) is 12.1. The predicted molar refractivity (Wildman–Crippen MR) is 79.3 cm³/mol. The Bertz CT molecular complexity index is 523. The molecule has 19 heavy (non-hydrogen) atoms. The molecule has 0 fully saturated rings. The lowest BCUT2D eigenvalue weighted by molar-refractivity contribution is 0.414. The molecule has 1 atom stereocenters. The maximum atomic E-state index is 5.90. The van der Waals surface area contributed by atoms with Crippen molar-refractivity contribution in [3.63, 3.8) is 0 Å². The quantitative estimate of drug-likeness (QED) is 0.808. The van der Waals surface area contributed by atoms with Gasteiger partial charge in [0.25, 0.3) is 0 Å². The number of hydrogen-bond donors (Lipinski definition) is 2. The van der Waals surface area contributed by atoms with Gasteiger partial charge in [0.05, 0.1) is 7.11 Å². The molecule has 0 heterocycles. The van der Waals surface area contributed by atoms with Crippen LogP contribution in [0.1, 0.15) is 17.0 Å². The Balaban J connectivity index is 2.15. The highest BCUT2D eigenvalue weighted by molar-refractivity contribution is 5.41. The first-order valence-corrected chi connectivity index (χ1v) is 6.41. The molecule has 3 nitrogen and oxygen atoms in total. The van der Waals surface area contributed by atoms with Crippen molar-refractivity contribution in [3.8, 4) is 5.75 Å². The minimum Gasteiger partial charge on any atom is -0.497 e. The van der Waals surface area contributed by atoms with Gasteiger partial charge in [0, 0.05) is 11.6 Å². The summed E-state index contributed by atoms with van der Waals surface area (Å²) >= 11 is 0. The second-order valence-electron chi connectivity index (χ2n) is 4.65. The van der Waals surface area contributed by atoms with E-state index in [1.807, 2.05) is 30.3 Å².